The van der Waals surface area contributed by atoms with Gasteiger partial charge in [-0.15, -0.1) is 0 Å². The molecule has 0 atom stereocenters. The van der Waals surface area contributed by atoms with Gasteiger partial charge in [0, 0.05) is 6.54 Å². The Hall–Kier alpha value is -1.11. The molecule has 0 fully saturated rings. The normalized spacial score (nSPS) is 11.4. The van der Waals surface area contributed by atoms with E-state index in [1.54, 1.807) is 0 Å². The van der Waals surface area contributed by atoms with E-state index < -0.39 is 24.3 Å². The van der Waals surface area contributed by atoms with E-state index in [9.17, 15) is 22.4 Å². The van der Waals surface area contributed by atoms with Crippen LogP contribution in [0.25, 0.3) is 0 Å². The van der Waals surface area contributed by atoms with Gasteiger partial charge in [0.2, 0.25) is 5.91 Å². The zero-order valence-corrected chi connectivity index (χ0v) is 10.0. The maximum atomic E-state index is 12.8. The van der Waals surface area contributed by atoms with Crippen molar-refractivity contribution in [2.45, 2.75) is 19.1 Å². The fourth-order valence-corrected chi connectivity index (χ4v) is 1.52. The summed E-state index contributed by atoms with van der Waals surface area (Å²) in [6.07, 6.45) is -6.04. The van der Waals surface area contributed by atoms with E-state index in [0.717, 1.165) is 6.07 Å². The van der Waals surface area contributed by atoms with Crippen LogP contribution in [0.1, 0.15) is 12.0 Å². The third-order valence-electron chi connectivity index (χ3n) is 1.83. The highest BCUT2D eigenvalue weighted by Crippen LogP contribution is 2.19. The molecule has 0 spiro atoms. The lowest BCUT2D eigenvalue weighted by molar-refractivity contribution is -0.153. The fourth-order valence-electron chi connectivity index (χ4n) is 1.09. The SMILES string of the molecule is O=C(CC(F)(F)F)NCc1ccc(F)c(Br)c1. The Morgan fingerprint density at radius 2 is 2.00 bits per heavy atom. The van der Waals surface area contributed by atoms with Crippen LogP contribution in [0.5, 0.6) is 0 Å². The quantitative estimate of drug-likeness (QED) is 0.853. The second-order valence-corrected chi connectivity index (χ2v) is 4.17. The maximum Gasteiger partial charge on any atom is 0.397 e. The van der Waals surface area contributed by atoms with E-state index in [1.807, 2.05) is 0 Å². The summed E-state index contributed by atoms with van der Waals surface area (Å²) in [5, 5.41) is 2.10. The highest BCUT2D eigenvalue weighted by molar-refractivity contribution is 9.10. The van der Waals surface area contributed by atoms with Crippen LogP contribution in [-0.2, 0) is 11.3 Å². The fraction of sp³-hybridized carbons (Fsp3) is 0.300. The van der Waals surface area contributed by atoms with Gasteiger partial charge in [-0.05, 0) is 33.6 Å². The molecule has 7 heteroatoms. The van der Waals surface area contributed by atoms with Crippen molar-refractivity contribution >= 4 is 21.8 Å². The van der Waals surface area contributed by atoms with Gasteiger partial charge >= 0.3 is 6.18 Å². The van der Waals surface area contributed by atoms with Crippen molar-refractivity contribution in [2.24, 2.45) is 0 Å². The van der Waals surface area contributed by atoms with Crippen LogP contribution in [-0.4, -0.2) is 12.1 Å². The third-order valence-corrected chi connectivity index (χ3v) is 2.44. The van der Waals surface area contributed by atoms with E-state index in [1.165, 1.54) is 12.1 Å². The number of benzene rings is 1. The predicted octanol–water partition coefficient (Wildman–Crippen LogP) is 3.16. The molecule has 2 nitrogen and oxygen atoms in total. The van der Waals surface area contributed by atoms with Gasteiger partial charge in [-0.3, -0.25) is 4.79 Å². The van der Waals surface area contributed by atoms with Gasteiger partial charge in [-0.25, -0.2) is 4.39 Å². The van der Waals surface area contributed by atoms with Gasteiger partial charge in [0.1, 0.15) is 12.2 Å². The van der Waals surface area contributed by atoms with Crippen LogP contribution < -0.4 is 5.32 Å². The van der Waals surface area contributed by atoms with E-state index in [0.29, 0.717) is 5.56 Å². The summed E-state index contributed by atoms with van der Waals surface area (Å²) in [5.74, 6) is -1.59. The first-order chi connectivity index (χ1) is 7.78. The Morgan fingerprint density at radius 3 is 2.53 bits per heavy atom. The second kappa shape index (κ2) is 5.48. The van der Waals surface area contributed by atoms with Gasteiger partial charge in [0.15, 0.2) is 0 Å². The first kappa shape index (κ1) is 14.0. The van der Waals surface area contributed by atoms with Crippen LogP contribution in [0.3, 0.4) is 0 Å². The summed E-state index contributed by atoms with van der Waals surface area (Å²) in [7, 11) is 0. The van der Waals surface area contributed by atoms with Crippen molar-refractivity contribution in [3.63, 3.8) is 0 Å². The molecule has 1 aromatic rings. The summed E-state index contributed by atoms with van der Waals surface area (Å²) in [6.45, 7) is -0.0756. The van der Waals surface area contributed by atoms with Crippen LogP contribution in [0, 0.1) is 5.82 Å². The number of nitrogens with one attached hydrogen (secondary N) is 1. The molecule has 0 heterocycles. The van der Waals surface area contributed by atoms with E-state index in [4.69, 9.17) is 0 Å². The van der Waals surface area contributed by atoms with E-state index in [-0.39, 0.29) is 11.0 Å². The highest BCUT2D eigenvalue weighted by Gasteiger charge is 2.30. The first-order valence-electron chi connectivity index (χ1n) is 4.55. The molecular weight excluding hydrogens is 306 g/mol. The molecule has 17 heavy (non-hydrogen) atoms. The summed E-state index contributed by atoms with van der Waals surface area (Å²) < 4.78 is 48.5. The van der Waals surface area contributed by atoms with Crippen molar-refractivity contribution in [1.82, 2.24) is 5.32 Å². The van der Waals surface area contributed by atoms with Gasteiger partial charge < -0.3 is 5.32 Å². The number of halogens is 5. The summed E-state index contributed by atoms with van der Waals surface area (Å²) in [4.78, 5) is 10.9. The molecule has 0 unspecified atom stereocenters. The number of amides is 1. The Balaban J connectivity index is 2.50. The number of alkyl halides is 3. The first-order valence-corrected chi connectivity index (χ1v) is 5.34. The number of hydrogen-bond donors (Lipinski definition) is 1. The molecule has 0 aromatic heterocycles. The highest BCUT2D eigenvalue weighted by atomic mass is 79.9. The van der Waals surface area contributed by atoms with E-state index >= 15 is 0 Å². The zero-order valence-electron chi connectivity index (χ0n) is 8.44. The average molecular weight is 314 g/mol. The lowest BCUT2D eigenvalue weighted by atomic mass is 10.2. The van der Waals surface area contributed by atoms with Crippen LogP contribution in [0.2, 0.25) is 0 Å². The van der Waals surface area contributed by atoms with E-state index in [2.05, 4.69) is 21.2 Å². The average Bonchev–Trinajstić information content (AvgIpc) is 2.17. The van der Waals surface area contributed by atoms with Crippen molar-refractivity contribution in [3.8, 4) is 0 Å². The molecule has 0 aliphatic carbocycles. The minimum absolute atomic E-state index is 0.0756. The number of carbonyl (C=O) groups is 1. The molecule has 0 saturated heterocycles. The molecule has 0 aliphatic heterocycles. The Labute approximate surface area is 103 Å². The lowest BCUT2D eigenvalue weighted by Gasteiger charge is -2.08. The molecule has 1 amide bonds. The smallest absolute Gasteiger partial charge is 0.352 e. The molecule has 0 saturated carbocycles. The largest absolute Gasteiger partial charge is 0.397 e. The Kier molecular flexibility index (Phi) is 4.50. The third kappa shape index (κ3) is 5.16. The van der Waals surface area contributed by atoms with Gasteiger partial charge in [-0.1, -0.05) is 6.07 Å². The molecule has 1 rings (SSSR count). The minimum atomic E-state index is -4.52. The molecular formula is C10H8BrF4NO. The van der Waals surface area contributed by atoms with Crippen molar-refractivity contribution in [2.75, 3.05) is 0 Å². The van der Waals surface area contributed by atoms with Gasteiger partial charge in [0.05, 0.1) is 4.47 Å². The van der Waals surface area contributed by atoms with Crippen LogP contribution in [0.4, 0.5) is 17.6 Å². The number of rotatable bonds is 3. The lowest BCUT2D eigenvalue weighted by Crippen LogP contribution is -2.28. The number of carbonyl (C=O) groups excluding carboxylic acids is 1. The maximum absolute atomic E-state index is 12.8. The summed E-state index contributed by atoms with van der Waals surface area (Å²) in [6, 6.07) is 3.94. The predicted molar refractivity (Wildman–Crippen MR) is 56.6 cm³/mol. The molecule has 0 bridgehead atoms. The van der Waals surface area contributed by atoms with Crippen molar-refractivity contribution < 1.29 is 22.4 Å². The standard InChI is InChI=1S/C10H8BrF4NO/c11-7-3-6(1-2-8(7)12)5-16-9(17)4-10(13,14)15/h1-3H,4-5H2,(H,16,17). The molecule has 0 radical (unpaired) electrons. The summed E-state index contributed by atoms with van der Waals surface area (Å²) >= 11 is 2.93. The Morgan fingerprint density at radius 1 is 1.35 bits per heavy atom. The van der Waals surface area contributed by atoms with Crippen molar-refractivity contribution in [3.05, 3.63) is 34.1 Å². The molecule has 1 aromatic carbocycles. The van der Waals surface area contributed by atoms with Crippen molar-refractivity contribution in [1.29, 1.82) is 0 Å². The summed E-state index contributed by atoms with van der Waals surface area (Å²) in [5.41, 5.74) is 0.508. The topological polar surface area (TPSA) is 29.1 Å². The molecule has 0 aliphatic rings. The minimum Gasteiger partial charge on any atom is -0.352 e. The Bertz CT molecular complexity index is 419. The number of hydrogen-bond acceptors (Lipinski definition) is 1. The van der Waals surface area contributed by atoms with Gasteiger partial charge in [0.25, 0.3) is 0 Å². The monoisotopic (exact) mass is 313 g/mol. The van der Waals surface area contributed by atoms with Crippen LogP contribution in [0.15, 0.2) is 22.7 Å². The zero-order chi connectivity index (χ0) is 13.1. The van der Waals surface area contributed by atoms with Crippen LogP contribution >= 0.6 is 15.9 Å². The second-order valence-electron chi connectivity index (χ2n) is 3.32. The molecule has 94 valence electrons. The molecule has 1 N–H and O–H groups in total. The van der Waals surface area contributed by atoms with Gasteiger partial charge in [-0.2, -0.15) is 13.2 Å².